The van der Waals surface area contributed by atoms with Crippen LogP contribution in [-0.2, 0) is 16.6 Å². The fourth-order valence-electron chi connectivity index (χ4n) is 2.44. The summed E-state index contributed by atoms with van der Waals surface area (Å²) >= 11 is 0. The van der Waals surface area contributed by atoms with Crippen molar-refractivity contribution < 1.29 is 9.53 Å². The fourth-order valence-corrected chi connectivity index (χ4v) is 2.44. The first kappa shape index (κ1) is 18.3. The number of morpholine rings is 1. The first-order valence-corrected chi connectivity index (χ1v) is 8.34. The Bertz CT molecular complexity index is 569. The Labute approximate surface area is 143 Å². The average Bonchev–Trinajstić information content (AvgIpc) is 3.01. The molecule has 1 aliphatic rings. The molecule has 134 valence electrons. The molecule has 1 amide bonds. The number of hydrogen-bond donors (Lipinski definition) is 1. The molecule has 0 bridgehead atoms. The molecule has 0 aromatic carbocycles. The summed E-state index contributed by atoms with van der Waals surface area (Å²) in [6.45, 7) is 5.14. The van der Waals surface area contributed by atoms with Crippen LogP contribution in [-0.4, -0.2) is 78.3 Å². The number of amides is 1. The zero-order chi connectivity index (χ0) is 17.5. The highest BCUT2D eigenvalue weighted by Crippen LogP contribution is 2.21. The molecule has 0 aliphatic carbocycles. The minimum atomic E-state index is -0.0365. The van der Waals surface area contributed by atoms with Gasteiger partial charge in [0.05, 0.1) is 19.3 Å². The van der Waals surface area contributed by atoms with Crippen molar-refractivity contribution in [2.45, 2.75) is 19.4 Å². The fraction of sp³-hybridized carbons (Fsp3) is 0.688. The molecule has 8 heteroatoms. The summed E-state index contributed by atoms with van der Waals surface area (Å²) in [7, 11) is 5.38. The van der Waals surface area contributed by atoms with E-state index in [4.69, 9.17) is 4.74 Å². The van der Waals surface area contributed by atoms with Crippen LogP contribution < -0.4 is 5.32 Å². The smallest absolute Gasteiger partial charge is 0.243 e. The summed E-state index contributed by atoms with van der Waals surface area (Å²) in [4.78, 5) is 20.0. The zero-order valence-corrected chi connectivity index (χ0v) is 15.0. The zero-order valence-electron chi connectivity index (χ0n) is 15.0. The van der Waals surface area contributed by atoms with Crippen molar-refractivity contribution in [3.63, 3.8) is 0 Å². The first-order chi connectivity index (χ1) is 11.5. The van der Waals surface area contributed by atoms with Crippen molar-refractivity contribution in [3.05, 3.63) is 18.0 Å². The summed E-state index contributed by atoms with van der Waals surface area (Å²) < 4.78 is 7.65. The number of ether oxygens (including phenoxy) is 1. The number of aryl methyl sites for hydroxylation is 1. The molecule has 0 radical (unpaired) electrons. The summed E-state index contributed by atoms with van der Waals surface area (Å²) in [6, 6.07) is 0. The molecule has 2 heterocycles. The van der Waals surface area contributed by atoms with E-state index in [0.717, 1.165) is 31.0 Å². The van der Waals surface area contributed by atoms with E-state index in [1.165, 1.54) is 0 Å². The highest BCUT2D eigenvalue weighted by Gasteiger charge is 2.25. The number of aliphatic imine (C=N–C) groups is 1. The third kappa shape index (κ3) is 4.95. The second-order valence-corrected chi connectivity index (χ2v) is 6.11. The van der Waals surface area contributed by atoms with E-state index in [9.17, 15) is 4.79 Å². The van der Waals surface area contributed by atoms with Crippen LogP contribution in [0.2, 0.25) is 0 Å². The molecule has 1 saturated heterocycles. The van der Waals surface area contributed by atoms with E-state index in [0.29, 0.717) is 13.2 Å². The van der Waals surface area contributed by atoms with Gasteiger partial charge in [-0.05, 0) is 6.42 Å². The van der Waals surface area contributed by atoms with E-state index in [2.05, 4.69) is 27.2 Å². The molecule has 1 aromatic rings. The van der Waals surface area contributed by atoms with Crippen LogP contribution >= 0.6 is 0 Å². The standard InChI is InChI=1S/C16H28N6O2/c1-5-6-17-16(18-10-15(23)20(2)3)22-7-8-24-14(12-22)13-9-19-21(4)11-13/h9,11,14H,5-8,10,12H2,1-4H3,(H,17,18). The molecule has 1 aliphatic heterocycles. The lowest BCUT2D eigenvalue weighted by Gasteiger charge is -2.35. The van der Waals surface area contributed by atoms with Crippen LogP contribution in [0, 0.1) is 0 Å². The maximum atomic E-state index is 11.8. The van der Waals surface area contributed by atoms with E-state index in [1.54, 1.807) is 23.7 Å². The van der Waals surface area contributed by atoms with Gasteiger partial charge in [0.1, 0.15) is 12.6 Å². The van der Waals surface area contributed by atoms with Crippen LogP contribution in [0.4, 0.5) is 0 Å². The monoisotopic (exact) mass is 336 g/mol. The van der Waals surface area contributed by atoms with E-state index >= 15 is 0 Å². The van der Waals surface area contributed by atoms with Gasteiger partial charge >= 0.3 is 0 Å². The molecule has 0 spiro atoms. The molecule has 1 N–H and O–H groups in total. The third-order valence-electron chi connectivity index (χ3n) is 3.86. The van der Waals surface area contributed by atoms with Gasteiger partial charge in [-0.3, -0.25) is 9.48 Å². The Morgan fingerprint density at radius 3 is 2.96 bits per heavy atom. The van der Waals surface area contributed by atoms with E-state index in [1.807, 2.05) is 19.4 Å². The maximum absolute atomic E-state index is 11.8. The Morgan fingerprint density at radius 1 is 1.54 bits per heavy atom. The molecule has 1 atom stereocenters. The minimum Gasteiger partial charge on any atom is -0.370 e. The van der Waals surface area contributed by atoms with Crippen LogP contribution in [0.3, 0.4) is 0 Å². The normalized spacial score (nSPS) is 18.6. The van der Waals surface area contributed by atoms with Gasteiger partial charge in [-0.1, -0.05) is 6.92 Å². The van der Waals surface area contributed by atoms with Gasteiger partial charge in [0, 0.05) is 46.0 Å². The molecule has 1 fully saturated rings. The number of carbonyl (C=O) groups is 1. The van der Waals surface area contributed by atoms with Gasteiger partial charge in [-0.15, -0.1) is 0 Å². The van der Waals surface area contributed by atoms with Crippen molar-refractivity contribution in [2.24, 2.45) is 12.0 Å². The number of aromatic nitrogens is 2. The number of carbonyl (C=O) groups excluding carboxylic acids is 1. The van der Waals surface area contributed by atoms with Gasteiger partial charge in [0.2, 0.25) is 5.91 Å². The lowest BCUT2D eigenvalue weighted by atomic mass is 10.1. The number of likely N-dealkylation sites (N-methyl/N-ethyl adjacent to an activating group) is 1. The van der Waals surface area contributed by atoms with E-state index in [-0.39, 0.29) is 18.6 Å². The Hall–Kier alpha value is -2.09. The average molecular weight is 336 g/mol. The van der Waals surface area contributed by atoms with Crippen molar-refractivity contribution in [1.82, 2.24) is 24.9 Å². The summed E-state index contributed by atoms with van der Waals surface area (Å²) in [5, 5.41) is 7.55. The third-order valence-corrected chi connectivity index (χ3v) is 3.86. The summed E-state index contributed by atoms with van der Waals surface area (Å²) in [6.07, 6.45) is 4.77. The quantitative estimate of drug-likeness (QED) is 0.616. The molecule has 0 saturated carbocycles. The molecular formula is C16H28N6O2. The van der Waals surface area contributed by atoms with Crippen LogP contribution in [0.15, 0.2) is 17.4 Å². The van der Waals surface area contributed by atoms with Gasteiger partial charge in [-0.25, -0.2) is 4.99 Å². The minimum absolute atomic E-state index is 0.0112. The topological polar surface area (TPSA) is 75.0 Å². The maximum Gasteiger partial charge on any atom is 0.243 e. The number of guanidine groups is 1. The number of rotatable bonds is 5. The molecular weight excluding hydrogens is 308 g/mol. The summed E-state index contributed by atoms with van der Waals surface area (Å²) in [5.41, 5.74) is 1.06. The van der Waals surface area contributed by atoms with Gasteiger partial charge in [0.25, 0.3) is 0 Å². The van der Waals surface area contributed by atoms with E-state index < -0.39 is 0 Å². The lowest BCUT2D eigenvalue weighted by Crippen LogP contribution is -2.48. The largest absolute Gasteiger partial charge is 0.370 e. The highest BCUT2D eigenvalue weighted by atomic mass is 16.5. The predicted octanol–water partition coefficient (Wildman–Crippen LogP) is 0.237. The SMILES string of the molecule is CCCNC(=NCC(=O)N(C)C)N1CCOC(c2cnn(C)c2)C1. The molecule has 24 heavy (non-hydrogen) atoms. The van der Waals surface area contributed by atoms with Crippen LogP contribution in [0.5, 0.6) is 0 Å². The molecule has 1 unspecified atom stereocenters. The number of nitrogens with one attached hydrogen (secondary N) is 1. The summed E-state index contributed by atoms with van der Waals surface area (Å²) in [5.74, 6) is 0.757. The Balaban J connectivity index is 2.06. The second-order valence-electron chi connectivity index (χ2n) is 6.11. The molecule has 2 rings (SSSR count). The second kappa shape index (κ2) is 8.68. The van der Waals surface area contributed by atoms with Gasteiger partial charge < -0.3 is 19.9 Å². The Kier molecular flexibility index (Phi) is 6.60. The van der Waals surface area contributed by atoms with Crippen molar-refractivity contribution in [3.8, 4) is 0 Å². The van der Waals surface area contributed by atoms with Gasteiger partial charge in [-0.2, -0.15) is 5.10 Å². The van der Waals surface area contributed by atoms with Crippen molar-refractivity contribution in [1.29, 1.82) is 0 Å². The van der Waals surface area contributed by atoms with Crippen LogP contribution in [0.1, 0.15) is 25.0 Å². The molecule has 8 nitrogen and oxygen atoms in total. The van der Waals surface area contributed by atoms with Crippen molar-refractivity contribution >= 4 is 11.9 Å². The van der Waals surface area contributed by atoms with Crippen LogP contribution in [0.25, 0.3) is 0 Å². The van der Waals surface area contributed by atoms with Gasteiger partial charge in [0.15, 0.2) is 5.96 Å². The molecule has 1 aromatic heterocycles. The first-order valence-electron chi connectivity index (χ1n) is 8.34. The predicted molar refractivity (Wildman–Crippen MR) is 92.8 cm³/mol. The highest BCUT2D eigenvalue weighted by molar-refractivity contribution is 5.84. The number of hydrogen-bond acceptors (Lipinski definition) is 4. The number of nitrogens with zero attached hydrogens (tertiary/aromatic N) is 5. The Morgan fingerprint density at radius 2 is 2.33 bits per heavy atom. The lowest BCUT2D eigenvalue weighted by molar-refractivity contribution is -0.127. The van der Waals surface area contributed by atoms with Crippen molar-refractivity contribution in [2.75, 3.05) is 46.9 Å².